The lowest BCUT2D eigenvalue weighted by Crippen LogP contribution is -2.12. The van der Waals surface area contributed by atoms with E-state index in [2.05, 4.69) is 0 Å². The molecule has 1 saturated heterocycles. The molecule has 3 heteroatoms. The number of nitrogens with zero attached hydrogens (tertiary/aromatic N) is 1. The Morgan fingerprint density at radius 3 is 2.59 bits per heavy atom. The fourth-order valence-electron chi connectivity index (χ4n) is 2.07. The number of carbonyl (C=O) groups excluding carboxylic acids is 1. The van der Waals surface area contributed by atoms with Crippen molar-refractivity contribution in [1.29, 1.82) is 0 Å². The molecule has 0 aliphatic carbocycles. The van der Waals surface area contributed by atoms with Crippen LogP contribution in [0.25, 0.3) is 0 Å². The van der Waals surface area contributed by atoms with Crippen LogP contribution < -0.4 is 0 Å². The molecule has 3 nitrogen and oxygen atoms in total. The number of ketones is 1. The number of hydrogen-bond donors (Lipinski definition) is 0. The van der Waals surface area contributed by atoms with Gasteiger partial charge in [-0.25, -0.2) is 0 Å². The highest BCUT2D eigenvalue weighted by atomic mass is 16.6. The van der Waals surface area contributed by atoms with Gasteiger partial charge in [-0.1, -0.05) is 30.3 Å². The van der Waals surface area contributed by atoms with Crippen molar-refractivity contribution in [2.75, 3.05) is 0 Å². The number of carbonyl (C=O) groups is 1. The van der Waals surface area contributed by atoms with E-state index in [4.69, 9.17) is 4.74 Å². The topological polar surface area (TPSA) is 34.5 Å². The summed E-state index contributed by atoms with van der Waals surface area (Å²) in [6.45, 7) is 0. The van der Waals surface area contributed by atoms with Crippen LogP contribution in [0.15, 0.2) is 48.7 Å². The van der Waals surface area contributed by atoms with Crippen molar-refractivity contribution in [2.24, 2.45) is 7.05 Å². The number of benzene rings is 1. The summed E-state index contributed by atoms with van der Waals surface area (Å²) < 4.78 is 7.31. The molecule has 1 fully saturated rings. The van der Waals surface area contributed by atoms with E-state index in [9.17, 15) is 4.79 Å². The highest BCUT2D eigenvalue weighted by Crippen LogP contribution is 2.40. The van der Waals surface area contributed by atoms with Crippen molar-refractivity contribution in [1.82, 2.24) is 4.57 Å². The van der Waals surface area contributed by atoms with Gasteiger partial charge < -0.3 is 9.30 Å². The molecule has 3 rings (SSSR count). The molecular weight excluding hydrogens is 214 g/mol. The van der Waals surface area contributed by atoms with Crippen molar-refractivity contribution < 1.29 is 9.53 Å². The van der Waals surface area contributed by atoms with Crippen molar-refractivity contribution >= 4 is 5.78 Å². The van der Waals surface area contributed by atoms with Gasteiger partial charge in [-0.2, -0.15) is 0 Å². The third-order valence-electron chi connectivity index (χ3n) is 3.07. The maximum absolute atomic E-state index is 12.1. The van der Waals surface area contributed by atoms with Crippen LogP contribution in [0.5, 0.6) is 0 Å². The SMILES string of the molecule is Cn1cccc1C(=O)[C@@H]1O[C@H]1c1ccccc1. The number of Topliss-reactive ketones (excluding diaryl/α,β-unsaturated/α-hetero) is 1. The molecule has 2 atom stereocenters. The largest absolute Gasteiger partial charge is 0.356 e. The van der Waals surface area contributed by atoms with Crippen molar-refractivity contribution in [3.63, 3.8) is 0 Å². The van der Waals surface area contributed by atoms with E-state index in [0.29, 0.717) is 5.69 Å². The van der Waals surface area contributed by atoms with Crippen LogP contribution in [0.3, 0.4) is 0 Å². The summed E-state index contributed by atoms with van der Waals surface area (Å²) in [6, 6.07) is 13.5. The second kappa shape index (κ2) is 3.86. The predicted octanol–water partition coefficient (Wildman–Crippen LogP) is 2.35. The molecule has 0 N–H and O–H groups in total. The summed E-state index contributed by atoms with van der Waals surface area (Å²) in [5.74, 6) is 0.0614. The second-order valence-electron chi connectivity index (χ2n) is 4.26. The van der Waals surface area contributed by atoms with Crippen LogP contribution in [-0.2, 0) is 11.8 Å². The quantitative estimate of drug-likeness (QED) is 0.596. The first-order valence-electron chi connectivity index (χ1n) is 5.63. The van der Waals surface area contributed by atoms with Gasteiger partial charge in [0.2, 0.25) is 5.78 Å². The molecule has 2 heterocycles. The average molecular weight is 227 g/mol. The molecule has 0 saturated carbocycles. The zero-order valence-electron chi connectivity index (χ0n) is 9.54. The maximum Gasteiger partial charge on any atom is 0.210 e. The van der Waals surface area contributed by atoms with E-state index in [1.54, 1.807) is 0 Å². The minimum atomic E-state index is -0.314. The highest BCUT2D eigenvalue weighted by Gasteiger charge is 2.46. The van der Waals surface area contributed by atoms with E-state index in [1.165, 1.54) is 0 Å². The van der Waals surface area contributed by atoms with Gasteiger partial charge in [0.05, 0.1) is 5.69 Å². The number of ether oxygens (including phenoxy) is 1. The van der Waals surface area contributed by atoms with Crippen LogP contribution in [0.1, 0.15) is 22.2 Å². The summed E-state index contributed by atoms with van der Waals surface area (Å²) in [4.78, 5) is 12.1. The molecule has 86 valence electrons. The van der Waals surface area contributed by atoms with Crippen molar-refractivity contribution in [3.05, 3.63) is 59.9 Å². The van der Waals surface area contributed by atoms with Crippen molar-refractivity contribution in [3.8, 4) is 0 Å². The summed E-state index contributed by atoms with van der Waals surface area (Å²) in [5, 5.41) is 0. The van der Waals surface area contributed by atoms with Crippen LogP contribution >= 0.6 is 0 Å². The number of epoxide rings is 1. The average Bonchev–Trinajstić information content (AvgIpc) is 3.05. The van der Waals surface area contributed by atoms with Crippen LogP contribution in [0.2, 0.25) is 0 Å². The van der Waals surface area contributed by atoms with Gasteiger partial charge >= 0.3 is 0 Å². The van der Waals surface area contributed by atoms with E-state index in [1.807, 2.05) is 60.3 Å². The Labute approximate surface area is 99.6 Å². The lowest BCUT2D eigenvalue weighted by atomic mass is 10.1. The Morgan fingerprint density at radius 2 is 1.94 bits per heavy atom. The van der Waals surface area contributed by atoms with Gasteiger partial charge in [-0.3, -0.25) is 4.79 Å². The molecule has 2 aromatic rings. The molecule has 1 aliphatic rings. The molecule has 17 heavy (non-hydrogen) atoms. The summed E-state index contributed by atoms with van der Waals surface area (Å²) in [7, 11) is 1.87. The molecule has 1 aromatic carbocycles. The Balaban J connectivity index is 1.78. The predicted molar refractivity (Wildman–Crippen MR) is 63.8 cm³/mol. The van der Waals surface area contributed by atoms with Gasteiger partial charge in [0.25, 0.3) is 0 Å². The standard InChI is InChI=1S/C14H13NO2/c1-15-9-5-8-11(15)12(16)14-13(17-14)10-6-3-2-4-7-10/h2-9,13-14H,1H3/t13-,14-/m0/s1. The number of aromatic nitrogens is 1. The van der Waals surface area contributed by atoms with Crippen LogP contribution in [-0.4, -0.2) is 16.5 Å². The van der Waals surface area contributed by atoms with Crippen molar-refractivity contribution in [2.45, 2.75) is 12.2 Å². The fourth-order valence-corrected chi connectivity index (χ4v) is 2.07. The molecule has 0 bridgehead atoms. The Hall–Kier alpha value is -1.87. The Morgan fingerprint density at radius 1 is 1.18 bits per heavy atom. The number of rotatable bonds is 3. The number of hydrogen-bond acceptors (Lipinski definition) is 2. The van der Waals surface area contributed by atoms with Gasteiger partial charge in [0.15, 0.2) is 6.10 Å². The van der Waals surface area contributed by atoms with E-state index in [-0.39, 0.29) is 18.0 Å². The van der Waals surface area contributed by atoms with Crippen LogP contribution in [0.4, 0.5) is 0 Å². The lowest BCUT2D eigenvalue weighted by Gasteiger charge is -1.99. The minimum absolute atomic E-state index is 0.0614. The summed E-state index contributed by atoms with van der Waals surface area (Å²) in [6.07, 6.45) is 1.48. The van der Waals surface area contributed by atoms with Gasteiger partial charge in [0.1, 0.15) is 6.10 Å². The first-order valence-corrected chi connectivity index (χ1v) is 5.63. The zero-order valence-corrected chi connectivity index (χ0v) is 9.54. The van der Waals surface area contributed by atoms with Crippen LogP contribution in [0, 0.1) is 0 Å². The third-order valence-corrected chi connectivity index (χ3v) is 3.07. The smallest absolute Gasteiger partial charge is 0.210 e. The first-order chi connectivity index (χ1) is 8.27. The molecule has 0 unspecified atom stereocenters. The van der Waals surface area contributed by atoms with Gasteiger partial charge in [-0.15, -0.1) is 0 Å². The maximum atomic E-state index is 12.1. The van der Waals surface area contributed by atoms with Gasteiger partial charge in [-0.05, 0) is 17.7 Å². The highest BCUT2D eigenvalue weighted by molar-refractivity contribution is 6.00. The first kappa shape index (κ1) is 10.3. The molecular formula is C14H13NO2. The molecule has 1 aliphatic heterocycles. The fraction of sp³-hybridized carbons (Fsp3) is 0.214. The summed E-state index contributed by atoms with van der Waals surface area (Å²) in [5.41, 5.74) is 1.77. The monoisotopic (exact) mass is 227 g/mol. The van der Waals surface area contributed by atoms with Gasteiger partial charge in [0, 0.05) is 13.2 Å². The lowest BCUT2D eigenvalue weighted by molar-refractivity contribution is 0.0945. The zero-order chi connectivity index (χ0) is 11.8. The van der Waals surface area contributed by atoms with E-state index < -0.39 is 0 Å². The van der Waals surface area contributed by atoms with E-state index >= 15 is 0 Å². The minimum Gasteiger partial charge on any atom is -0.356 e. The molecule has 1 aromatic heterocycles. The Kier molecular flexibility index (Phi) is 2.34. The number of aryl methyl sites for hydroxylation is 1. The summed E-state index contributed by atoms with van der Waals surface area (Å²) >= 11 is 0. The Bertz CT molecular complexity index is 544. The normalized spacial score (nSPS) is 22.4. The second-order valence-corrected chi connectivity index (χ2v) is 4.26. The molecule has 0 radical (unpaired) electrons. The van der Waals surface area contributed by atoms with E-state index in [0.717, 1.165) is 5.56 Å². The third kappa shape index (κ3) is 1.78. The molecule has 0 spiro atoms. The molecule has 0 amide bonds.